The molecule has 0 spiro atoms. The lowest BCUT2D eigenvalue weighted by molar-refractivity contribution is 0.0539. The average Bonchev–Trinajstić information content (AvgIpc) is 3.48. The zero-order valence-electron chi connectivity index (χ0n) is 19.4. The first-order chi connectivity index (χ1) is 17.3. The largest absolute Gasteiger partial charge is 0.448 e. The molecule has 0 N–H and O–H groups in total. The molecule has 2 aliphatic heterocycles. The Morgan fingerprint density at radius 3 is 2.54 bits per heavy atom. The maximum atomic E-state index is 13.4. The number of piperidine rings is 1. The predicted octanol–water partition coefficient (Wildman–Crippen LogP) is 5.69. The molecule has 2 atom stereocenters. The average molecular weight is 463 g/mol. The van der Waals surface area contributed by atoms with Crippen molar-refractivity contribution in [3.05, 3.63) is 96.0 Å². The normalized spacial score (nSPS) is 20.9. The molecular formula is C29H26N4O2. The monoisotopic (exact) mass is 462 g/mol. The summed E-state index contributed by atoms with van der Waals surface area (Å²) < 4.78 is 7.84. The van der Waals surface area contributed by atoms with Crippen LogP contribution < -0.4 is 0 Å². The molecule has 4 aromatic rings. The fourth-order valence-electron chi connectivity index (χ4n) is 6.17. The molecule has 174 valence electrons. The zero-order chi connectivity index (χ0) is 23.4. The Labute approximate surface area is 203 Å². The van der Waals surface area contributed by atoms with E-state index in [9.17, 15) is 4.79 Å². The van der Waals surface area contributed by atoms with Gasteiger partial charge in [-0.05, 0) is 53.5 Å². The van der Waals surface area contributed by atoms with Crippen LogP contribution in [0.2, 0.25) is 0 Å². The summed E-state index contributed by atoms with van der Waals surface area (Å²) in [5, 5.41) is 4.33. The van der Waals surface area contributed by atoms with Gasteiger partial charge in [-0.25, -0.2) is 14.3 Å². The minimum atomic E-state index is -0.197. The molecule has 0 radical (unpaired) electrons. The molecule has 2 bridgehead atoms. The number of carbonyl (C=O) groups is 1. The van der Waals surface area contributed by atoms with E-state index in [1.807, 2.05) is 27.9 Å². The summed E-state index contributed by atoms with van der Waals surface area (Å²) in [4.78, 5) is 19.9. The van der Waals surface area contributed by atoms with Gasteiger partial charge in [0.15, 0.2) is 5.65 Å². The molecule has 7 rings (SSSR count). The number of benzene rings is 2. The first-order valence-electron chi connectivity index (χ1n) is 12.4. The Hall–Kier alpha value is -3.93. The van der Waals surface area contributed by atoms with Crippen molar-refractivity contribution in [3.8, 4) is 11.1 Å². The molecule has 2 aromatic carbocycles. The van der Waals surface area contributed by atoms with E-state index in [2.05, 4.69) is 64.7 Å². The minimum absolute atomic E-state index is 0.0569. The van der Waals surface area contributed by atoms with Crippen LogP contribution >= 0.6 is 0 Å². The molecule has 6 nitrogen and oxygen atoms in total. The number of ether oxygens (including phenoxy) is 1. The Morgan fingerprint density at radius 2 is 1.77 bits per heavy atom. The molecule has 4 heterocycles. The van der Waals surface area contributed by atoms with Crippen LogP contribution in [0.1, 0.15) is 48.3 Å². The number of carbonyl (C=O) groups excluding carboxylic acids is 1. The highest BCUT2D eigenvalue weighted by Crippen LogP contribution is 2.45. The van der Waals surface area contributed by atoms with Gasteiger partial charge in [-0.2, -0.15) is 5.10 Å². The maximum absolute atomic E-state index is 13.4. The maximum Gasteiger partial charge on any atom is 0.410 e. The summed E-state index contributed by atoms with van der Waals surface area (Å²) in [5.41, 5.74) is 8.12. The van der Waals surface area contributed by atoms with E-state index in [1.54, 1.807) is 6.20 Å². The van der Waals surface area contributed by atoms with Crippen molar-refractivity contribution in [2.75, 3.05) is 6.61 Å². The van der Waals surface area contributed by atoms with E-state index in [0.717, 1.165) is 36.9 Å². The molecule has 2 aromatic heterocycles. The highest BCUT2D eigenvalue weighted by atomic mass is 16.6. The summed E-state index contributed by atoms with van der Waals surface area (Å²) in [5.74, 6) is 0.0777. The van der Waals surface area contributed by atoms with Gasteiger partial charge in [0.25, 0.3) is 0 Å². The minimum Gasteiger partial charge on any atom is -0.448 e. The third-order valence-corrected chi connectivity index (χ3v) is 7.80. The van der Waals surface area contributed by atoms with Gasteiger partial charge in [-0.1, -0.05) is 54.6 Å². The van der Waals surface area contributed by atoms with Crippen molar-refractivity contribution >= 4 is 17.3 Å². The first kappa shape index (κ1) is 20.4. The highest BCUT2D eigenvalue weighted by Gasteiger charge is 2.39. The number of amides is 1. The molecule has 3 aliphatic rings. The summed E-state index contributed by atoms with van der Waals surface area (Å²) in [6, 6.07) is 19.0. The number of hydrogen-bond acceptors (Lipinski definition) is 4. The predicted molar refractivity (Wildman–Crippen MR) is 134 cm³/mol. The molecule has 1 saturated heterocycles. The second-order valence-electron chi connectivity index (χ2n) is 9.74. The molecule has 1 aliphatic carbocycles. The fourth-order valence-corrected chi connectivity index (χ4v) is 6.17. The smallest absolute Gasteiger partial charge is 0.410 e. The third kappa shape index (κ3) is 3.35. The lowest BCUT2D eigenvalue weighted by atomic mass is 9.83. The Kier molecular flexibility index (Phi) is 4.72. The van der Waals surface area contributed by atoms with Gasteiger partial charge in [-0.15, -0.1) is 0 Å². The lowest BCUT2D eigenvalue weighted by Gasteiger charge is -2.44. The van der Waals surface area contributed by atoms with Crippen LogP contribution in [0.25, 0.3) is 22.3 Å². The fraction of sp³-hybridized carbons (Fsp3) is 0.276. The van der Waals surface area contributed by atoms with Gasteiger partial charge >= 0.3 is 6.09 Å². The molecule has 2 unspecified atom stereocenters. The second-order valence-corrected chi connectivity index (χ2v) is 9.74. The van der Waals surface area contributed by atoms with Crippen molar-refractivity contribution < 1.29 is 9.53 Å². The van der Waals surface area contributed by atoms with Gasteiger partial charge < -0.3 is 4.74 Å². The number of hydrogen-bond donors (Lipinski definition) is 0. The molecule has 0 saturated carbocycles. The van der Waals surface area contributed by atoms with Gasteiger partial charge in [0, 0.05) is 36.0 Å². The van der Waals surface area contributed by atoms with Crippen LogP contribution in [0.5, 0.6) is 0 Å². The van der Waals surface area contributed by atoms with E-state index < -0.39 is 0 Å². The second kappa shape index (κ2) is 8.08. The molecule has 1 amide bonds. The number of nitrogens with zero attached hydrogens (tertiary/aromatic N) is 4. The zero-order valence-corrected chi connectivity index (χ0v) is 19.4. The van der Waals surface area contributed by atoms with Crippen LogP contribution in [0.3, 0.4) is 0 Å². The first-order valence-corrected chi connectivity index (χ1v) is 12.4. The number of rotatable bonds is 3. The van der Waals surface area contributed by atoms with Crippen molar-refractivity contribution in [2.24, 2.45) is 0 Å². The van der Waals surface area contributed by atoms with Crippen molar-refractivity contribution in [2.45, 2.75) is 43.7 Å². The molecule has 6 heteroatoms. The summed E-state index contributed by atoms with van der Waals surface area (Å²) in [6.45, 7) is 0.360. The standard InChI is InChI=1S/C29H26N4O2/c34-29(35-18-27-25-10-3-1-8-23(25)24-9-2-4-11-26(24)27)33-21-6-5-7-22(33)15-19(14-21)20-16-30-28-12-13-31-32(28)17-20/h1-4,8-14,16-17,21-22,27H,5-7,15,18H2. The van der Waals surface area contributed by atoms with Gasteiger partial charge in [-0.3, -0.25) is 4.90 Å². The van der Waals surface area contributed by atoms with Crippen molar-refractivity contribution in [1.29, 1.82) is 0 Å². The van der Waals surface area contributed by atoms with Crippen LogP contribution in [0.4, 0.5) is 4.79 Å². The van der Waals surface area contributed by atoms with Crippen LogP contribution in [0, 0.1) is 0 Å². The molecule has 35 heavy (non-hydrogen) atoms. The number of fused-ring (bicyclic) bond motifs is 6. The number of aromatic nitrogens is 3. The SMILES string of the molecule is O=C(OCC1c2ccccc2-c2ccccc21)N1C2C=C(c3cnc4ccnn4c3)CC1CCC2. The Morgan fingerprint density at radius 1 is 1.00 bits per heavy atom. The summed E-state index contributed by atoms with van der Waals surface area (Å²) >= 11 is 0. The van der Waals surface area contributed by atoms with E-state index in [4.69, 9.17) is 4.74 Å². The molecule has 1 fully saturated rings. The quantitative estimate of drug-likeness (QED) is 0.393. The van der Waals surface area contributed by atoms with Crippen molar-refractivity contribution in [3.63, 3.8) is 0 Å². The van der Waals surface area contributed by atoms with Gasteiger partial charge in [0.1, 0.15) is 6.61 Å². The van der Waals surface area contributed by atoms with E-state index >= 15 is 0 Å². The Bertz CT molecular complexity index is 1430. The lowest BCUT2D eigenvalue weighted by Crippen LogP contribution is -2.51. The molecular weight excluding hydrogens is 436 g/mol. The van der Waals surface area contributed by atoms with Gasteiger partial charge in [0.2, 0.25) is 0 Å². The van der Waals surface area contributed by atoms with Gasteiger partial charge in [0.05, 0.1) is 12.2 Å². The van der Waals surface area contributed by atoms with Crippen LogP contribution in [-0.4, -0.2) is 44.3 Å². The Balaban J connectivity index is 1.12. The van der Waals surface area contributed by atoms with Crippen molar-refractivity contribution in [1.82, 2.24) is 19.5 Å². The van der Waals surface area contributed by atoms with Crippen LogP contribution in [0.15, 0.2) is 79.3 Å². The highest BCUT2D eigenvalue weighted by molar-refractivity contribution is 5.79. The van der Waals surface area contributed by atoms with Crippen LogP contribution in [-0.2, 0) is 4.74 Å². The summed E-state index contributed by atoms with van der Waals surface area (Å²) in [7, 11) is 0. The third-order valence-electron chi connectivity index (χ3n) is 7.80. The van der Waals surface area contributed by atoms with E-state index in [0.29, 0.717) is 6.61 Å². The van der Waals surface area contributed by atoms with E-state index in [-0.39, 0.29) is 24.1 Å². The topological polar surface area (TPSA) is 59.7 Å². The summed E-state index contributed by atoms with van der Waals surface area (Å²) in [6.07, 6.45) is 11.7. The van der Waals surface area contributed by atoms with E-state index in [1.165, 1.54) is 27.8 Å².